The fourth-order valence-corrected chi connectivity index (χ4v) is 3.91. The number of hydrogen-bond donors (Lipinski definition) is 2. The molecular formula is C25H25FN3O2+. The highest BCUT2D eigenvalue weighted by Crippen LogP contribution is 2.20. The molecule has 0 aromatic heterocycles. The molecule has 1 heterocycles. The monoisotopic (exact) mass is 418 g/mol. The van der Waals surface area contributed by atoms with E-state index in [0.29, 0.717) is 42.1 Å². The molecule has 0 spiro atoms. The Morgan fingerprint density at radius 3 is 2.26 bits per heavy atom. The number of nitrogens with one attached hydrogen (secondary N) is 2. The Hall–Kier alpha value is -3.51. The summed E-state index contributed by atoms with van der Waals surface area (Å²) in [7, 11) is 0. The van der Waals surface area contributed by atoms with Gasteiger partial charge in [-0.25, -0.2) is 4.39 Å². The van der Waals surface area contributed by atoms with Gasteiger partial charge in [0, 0.05) is 11.1 Å². The average molecular weight is 418 g/mol. The van der Waals surface area contributed by atoms with Crippen LogP contribution in [0.5, 0.6) is 0 Å². The van der Waals surface area contributed by atoms with Crippen molar-refractivity contribution in [1.82, 2.24) is 0 Å². The van der Waals surface area contributed by atoms with Crippen molar-refractivity contribution in [2.45, 2.75) is 0 Å². The maximum absolute atomic E-state index is 14.0. The Balaban J connectivity index is 1.36. The lowest BCUT2D eigenvalue weighted by Crippen LogP contribution is -3.15. The number of carbonyl (C=O) groups is 2. The highest BCUT2D eigenvalue weighted by Gasteiger charge is 2.24. The minimum absolute atomic E-state index is 0.123. The summed E-state index contributed by atoms with van der Waals surface area (Å²) in [4.78, 5) is 28.7. The number of carbonyl (C=O) groups excluding carboxylic acids is 2. The van der Waals surface area contributed by atoms with Gasteiger partial charge >= 0.3 is 0 Å². The first-order valence-corrected chi connectivity index (χ1v) is 10.4. The van der Waals surface area contributed by atoms with Crippen LogP contribution in [0.2, 0.25) is 0 Å². The molecule has 4 rings (SSSR count). The van der Waals surface area contributed by atoms with E-state index in [-0.39, 0.29) is 17.5 Å². The Labute approximate surface area is 181 Å². The standard InChI is InChI=1S/C25H24FN3O2/c26-21-11-5-7-13-23(21)29-16-14-28(15-17-29)18-24(30)27-22-12-6-4-10-20(22)25(31)19-8-2-1-3-9-19/h1-13H,14-18H2,(H,27,30)/p+1. The number of amides is 1. The Morgan fingerprint density at radius 1 is 0.871 bits per heavy atom. The van der Waals surface area contributed by atoms with Gasteiger partial charge in [0.25, 0.3) is 5.91 Å². The van der Waals surface area contributed by atoms with Crippen molar-refractivity contribution in [1.29, 1.82) is 0 Å². The van der Waals surface area contributed by atoms with Crippen LogP contribution in [0.15, 0.2) is 78.9 Å². The number of benzene rings is 3. The maximum Gasteiger partial charge on any atom is 0.279 e. The zero-order chi connectivity index (χ0) is 21.6. The second-order valence-corrected chi connectivity index (χ2v) is 7.65. The molecule has 0 atom stereocenters. The topological polar surface area (TPSA) is 53.9 Å². The molecule has 6 heteroatoms. The van der Waals surface area contributed by atoms with Gasteiger partial charge in [-0.05, 0) is 24.3 Å². The van der Waals surface area contributed by atoms with Crippen molar-refractivity contribution >= 4 is 23.1 Å². The summed E-state index contributed by atoms with van der Waals surface area (Å²) in [6.07, 6.45) is 0. The molecule has 0 unspecified atom stereocenters. The SMILES string of the molecule is O=C(C[NH+]1CCN(c2ccccc2F)CC1)Nc1ccccc1C(=O)c1ccccc1. The molecule has 1 amide bonds. The second kappa shape index (κ2) is 9.53. The van der Waals surface area contributed by atoms with Gasteiger partial charge in [0.2, 0.25) is 0 Å². The van der Waals surface area contributed by atoms with Gasteiger partial charge in [0.05, 0.1) is 37.6 Å². The molecule has 0 aliphatic carbocycles. The van der Waals surface area contributed by atoms with Crippen molar-refractivity contribution in [3.05, 3.63) is 95.8 Å². The summed E-state index contributed by atoms with van der Waals surface area (Å²) in [6, 6.07) is 22.9. The molecule has 3 aromatic rings. The van der Waals surface area contributed by atoms with E-state index in [1.807, 2.05) is 29.2 Å². The second-order valence-electron chi connectivity index (χ2n) is 7.65. The summed E-state index contributed by atoms with van der Waals surface area (Å²) in [5.74, 6) is -0.478. The molecule has 0 radical (unpaired) electrons. The first-order chi connectivity index (χ1) is 15.1. The number of nitrogens with zero attached hydrogens (tertiary/aromatic N) is 1. The van der Waals surface area contributed by atoms with Gasteiger partial charge in [-0.2, -0.15) is 0 Å². The van der Waals surface area contributed by atoms with E-state index in [0.717, 1.165) is 18.0 Å². The van der Waals surface area contributed by atoms with Crippen LogP contribution in [0.4, 0.5) is 15.8 Å². The number of ketones is 1. The van der Waals surface area contributed by atoms with Gasteiger partial charge in [0.15, 0.2) is 12.3 Å². The number of para-hydroxylation sites is 2. The van der Waals surface area contributed by atoms with Crippen molar-refractivity contribution < 1.29 is 18.9 Å². The normalized spacial score (nSPS) is 14.3. The van der Waals surface area contributed by atoms with Crippen LogP contribution in [0.1, 0.15) is 15.9 Å². The number of hydrogen-bond acceptors (Lipinski definition) is 3. The molecule has 158 valence electrons. The van der Waals surface area contributed by atoms with Gasteiger partial charge in [-0.3, -0.25) is 9.59 Å². The first kappa shape index (κ1) is 20.8. The predicted molar refractivity (Wildman–Crippen MR) is 119 cm³/mol. The molecule has 31 heavy (non-hydrogen) atoms. The fourth-order valence-electron chi connectivity index (χ4n) is 3.91. The highest BCUT2D eigenvalue weighted by atomic mass is 19.1. The van der Waals surface area contributed by atoms with Crippen molar-refractivity contribution in [2.75, 3.05) is 42.9 Å². The van der Waals surface area contributed by atoms with E-state index >= 15 is 0 Å². The van der Waals surface area contributed by atoms with Gasteiger partial charge < -0.3 is 15.1 Å². The first-order valence-electron chi connectivity index (χ1n) is 10.4. The smallest absolute Gasteiger partial charge is 0.279 e. The van der Waals surface area contributed by atoms with Crippen LogP contribution in [0.25, 0.3) is 0 Å². The van der Waals surface area contributed by atoms with Crippen LogP contribution in [-0.4, -0.2) is 44.4 Å². The average Bonchev–Trinajstić information content (AvgIpc) is 2.80. The van der Waals surface area contributed by atoms with Crippen LogP contribution in [0.3, 0.4) is 0 Å². The largest absolute Gasteiger partial charge is 0.358 e. The number of halogens is 1. The molecular weight excluding hydrogens is 393 g/mol. The zero-order valence-electron chi connectivity index (χ0n) is 17.2. The van der Waals surface area contributed by atoms with Gasteiger partial charge in [0.1, 0.15) is 5.82 Å². The summed E-state index contributed by atoms with van der Waals surface area (Å²) >= 11 is 0. The Morgan fingerprint density at radius 2 is 1.52 bits per heavy atom. The lowest BCUT2D eigenvalue weighted by molar-refractivity contribution is -0.892. The molecule has 5 nitrogen and oxygen atoms in total. The molecule has 1 fully saturated rings. The number of rotatable bonds is 6. The molecule has 1 saturated heterocycles. The summed E-state index contributed by atoms with van der Waals surface area (Å²) in [5.41, 5.74) is 2.19. The minimum atomic E-state index is -0.219. The quantitative estimate of drug-likeness (QED) is 0.605. The molecule has 2 N–H and O–H groups in total. The lowest BCUT2D eigenvalue weighted by atomic mass is 10.0. The van der Waals surface area contributed by atoms with E-state index in [4.69, 9.17) is 0 Å². The lowest BCUT2D eigenvalue weighted by Gasteiger charge is -2.33. The highest BCUT2D eigenvalue weighted by molar-refractivity contribution is 6.13. The number of piperazine rings is 1. The third kappa shape index (κ3) is 4.98. The van der Waals surface area contributed by atoms with Crippen LogP contribution in [-0.2, 0) is 4.79 Å². The maximum atomic E-state index is 14.0. The fraction of sp³-hybridized carbons (Fsp3) is 0.200. The molecule has 1 aliphatic heterocycles. The van der Waals surface area contributed by atoms with Crippen LogP contribution in [0, 0.1) is 5.82 Å². The summed E-state index contributed by atoms with van der Waals surface area (Å²) < 4.78 is 14.0. The summed E-state index contributed by atoms with van der Waals surface area (Å²) in [5, 5.41) is 2.91. The molecule has 0 saturated carbocycles. The van der Waals surface area contributed by atoms with Crippen LogP contribution < -0.4 is 15.1 Å². The Bertz CT molecular complexity index is 1060. The molecule has 3 aromatic carbocycles. The van der Waals surface area contributed by atoms with E-state index in [1.54, 1.807) is 48.5 Å². The summed E-state index contributed by atoms with van der Waals surface area (Å²) in [6.45, 7) is 3.16. The van der Waals surface area contributed by atoms with E-state index in [1.165, 1.54) is 6.07 Å². The number of anilines is 2. The van der Waals surface area contributed by atoms with Crippen LogP contribution >= 0.6 is 0 Å². The van der Waals surface area contributed by atoms with E-state index < -0.39 is 0 Å². The van der Waals surface area contributed by atoms with Crippen molar-refractivity contribution in [2.24, 2.45) is 0 Å². The molecule has 0 bridgehead atoms. The zero-order valence-corrected chi connectivity index (χ0v) is 17.2. The minimum Gasteiger partial charge on any atom is -0.358 e. The van der Waals surface area contributed by atoms with E-state index in [2.05, 4.69) is 5.32 Å². The van der Waals surface area contributed by atoms with Crippen molar-refractivity contribution in [3.63, 3.8) is 0 Å². The van der Waals surface area contributed by atoms with Gasteiger partial charge in [-0.15, -0.1) is 0 Å². The molecule has 1 aliphatic rings. The third-order valence-electron chi connectivity index (χ3n) is 5.56. The predicted octanol–water partition coefficient (Wildman–Crippen LogP) is 2.40. The number of quaternary nitrogens is 1. The Kier molecular flexibility index (Phi) is 6.38. The van der Waals surface area contributed by atoms with E-state index in [9.17, 15) is 14.0 Å². The van der Waals surface area contributed by atoms with Gasteiger partial charge in [-0.1, -0.05) is 54.6 Å². The third-order valence-corrected chi connectivity index (χ3v) is 5.56. The van der Waals surface area contributed by atoms with Crippen molar-refractivity contribution in [3.8, 4) is 0 Å².